The van der Waals surface area contributed by atoms with Gasteiger partial charge in [-0.3, -0.25) is 9.59 Å². The average molecular weight is 463 g/mol. The van der Waals surface area contributed by atoms with E-state index in [1.165, 1.54) is 6.07 Å². The Morgan fingerprint density at radius 1 is 1.06 bits per heavy atom. The summed E-state index contributed by atoms with van der Waals surface area (Å²) in [6, 6.07) is 18.8. The molecule has 2 amide bonds. The van der Waals surface area contributed by atoms with Gasteiger partial charge >= 0.3 is 0 Å². The van der Waals surface area contributed by atoms with E-state index in [9.17, 15) is 14.7 Å². The number of benzene rings is 3. The first-order chi connectivity index (χ1) is 16.4. The minimum Gasteiger partial charge on any atom is -0.508 e. The lowest BCUT2D eigenvalue weighted by Gasteiger charge is -2.22. The quantitative estimate of drug-likeness (QED) is 0.450. The van der Waals surface area contributed by atoms with Crippen LogP contribution in [0.3, 0.4) is 0 Å². The lowest BCUT2D eigenvalue weighted by atomic mass is 9.87. The van der Waals surface area contributed by atoms with Crippen molar-refractivity contribution in [3.63, 3.8) is 0 Å². The molecule has 0 fully saturated rings. The molecule has 176 valence electrons. The van der Waals surface area contributed by atoms with Gasteiger partial charge in [0, 0.05) is 30.4 Å². The summed E-state index contributed by atoms with van der Waals surface area (Å²) >= 11 is 0. The van der Waals surface area contributed by atoms with E-state index in [-0.39, 0.29) is 31.3 Å². The predicted molar refractivity (Wildman–Crippen MR) is 125 cm³/mol. The number of rotatable bonds is 9. The maximum absolute atomic E-state index is 13.1. The van der Waals surface area contributed by atoms with E-state index >= 15 is 0 Å². The molecule has 1 heterocycles. The Bertz CT molecular complexity index is 1160. The Labute approximate surface area is 197 Å². The highest BCUT2D eigenvalue weighted by Crippen LogP contribution is 2.43. The van der Waals surface area contributed by atoms with Crippen molar-refractivity contribution in [2.24, 2.45) is 5.73 Å². The summed E-state index contributed by atoms with van der Waals surface area (Å²) in [4.78, 5) is 25.1. The Morgan fingerprint density at radius 2 is 1.74 bits per heavy atom. The van der Waals surface area contributed by atoms with Gasteiger partial charge in [0.1, 0.15) is 17.5 Å². The minimum absolute atomic E-state index is 0.0198. The van der Waals surface area contributed by atoms with Crippen LogP contribution in [-0.2, 0) is 16.0 Å². The number of amides is 2. The molecule has 0 radical (unpaired) electrons. The second-order valence-corrected chi connectivity index (χ2v) is 8.01. The summed E-state index contributed by atoms with van der Waals surface area (Å²) in [7, 11) is 1.57. The number of phenolic OH excluding ortho intramolecular Hbond substituents is 1. The number of fused-ring (bicyclic) bond motifs is 1. The van der Waals surface area contributed by atoms with Crippen LogP contribution in [0.15, 0.2) is 66.7 Å². The first kappa shape index (κ1) is 23.0. The third kappa shape index (κ3) is 5.23. The van der Waals surface area contributed by atoms with Crippen molar-refractivity contribution < 1.29 is 28.9 Å². The van der Waals surface area contributed by atoms with E-state index in [0.29, 0.717) is 22.8 Å². The number of hydrogen-bond donors (Lipinski definition) is 3. The monoisotopic (exact) mass is 462 g/mol. The van der Waals surface area contributed by atoms with Crippen LogP contribution in [-0.4, -0.2) is 36.9 Å². The summed E-state index contributed by atoms with van der Waals surface area (Å²) in [5.41, 5.74) is 7.73. The molecule has 0 saturated carbocycles. The number of hydrogen-bond acceptors (Lipinski definition) is 6. The van der Waals surface area contributed by atoms with Crippen LogP contribution in [0.2, 0.25) is 0 Å². The molecule has 1 unspecified atom stereocenters. The molecule has 1 aliphatic rings. The highest BCUT2D eigenvalue weighted by molar-refractivity contribution is 5.87. The van der Waals surface area contributed by atoms with Crippen molar-refractivity contribution in [2.75, 3.05) is 13.9 Å². The smallest absolute Gasteiger partial charge is 0.240 e. The van der Waals surface area contributed by atoms with Crippen molar-refractivity contribution in [3.8, 4) is 23.0 Å². The number of nitrogens with two attached hydrogens (primary N) is 1. The van der Waals surface area contributed by atoms with Gasteiger partial charge < -0.3 is 30.4 Å². The number of aromatic hydroxyl groups is 1. The van der Waals surface area contributed by atoms with Crippen LogP contribution in [0.25, 0.3) is 0 Å². The summed E-state index contributed by atoms with van der Waals surface area (Å²) < 4.78 is 16.0. The fourth-order valence-electron chi connectivity index (χ4n) is 3.98. The molecule has 8 nitrogen and oxygen atoms in total. The number of ether oxygens (including phenoxy) is 3. The van der Waals surface area contributed by atoms with Crippen LogP contribution in [0.4, 0.5) is 0 Å². The zero-order valence-electron chi connectivity index (χ0n) is 18.7. The van der Waals surface area contributed by atoms with E-state index in [4.69, 9.17) is 19.9 Å². The second kappa shape index (κ2) is 10.2. The number of carbonyl (C=O) groups is 2. The van der Waals surface area contributed by atoms with E-state index in [2.05, 4.69) is 5.32 Å². The molecule has 34 heavy (non-hydrogen) atoms. The van der Waals surface area contributed by atoms with E-state index in [0.717, 1.165) is 11.1 Å². The molecule has 1 aliphatic heterocycles. The van der Waals surface area contributed by atoms with Gasteiger partial charge in [0.15, 0.2) is 11.5 Å². The molecule has 0 aliphatic carbocycles. The Kier molecular flexibility index (Phi) is 6.87. The molecule has 4 rings (SSSR count). The normalized spacial score (nSPS) is 13.7. The SMILES string of the molecule is COc1ccc(C(CC(=O)N[C@@H](Cc2ccccc2)C(N)=O)c2cc3c(cc2O)OCO3)cc1. The first-order valence-electron chi connectivity index (χ1n) is 10.8. The number of carbonyl (C=O) groups excluding carboxylic acids is 2. The molecule has 3 aromatic rings. The molecule has 0 bridgehead atoms. The fourth-order valence-corrected chi connectivity index (χ4v) is 3.98. The predicted octanol–water partition coefficient (Wildman–Crippen LogP) is 2.86. The largest absolute Gasteiger partial charge is 0.508 e. The zero-order valence-corrected chi connectivity index (χ0v) is 18.7. The van der Waals surface area contributed by atoms with Gasteiger partial charge in [-0.2, -0.15) is 0 Å². The van der Waals surface area contributed by atoms with Crippen molar-refractivity contribution in [2.45, 2.75) is 24.8 Å². The highest BCUT2D eigenvalue weighted by Gasteiger charge is 2.27. The third-order valence-electron chi connectivity index (χ3n) is 5.77. The molecule has 0 aromatic heterocycles. The van der Waals surface area contributed by atoms with Gasteiger partial charge in [-0.15, -0.1) is 0 Å². The third-order valence-corrected chi connectivity index (χ3v) is 5.77. The van der Waals surface area contributed by atoms with Crippen LogP contribution >= 0.6 is 0 Å². The molecular formula is C26H26N2O6. The number of nitrogens with one attached hydrogen (secondary N) is 1. The van der Waals surface area contributed by atoms with E-state index < -0.39 is 17.9 Å². The Hall–Kier alpha value is -4.20. The molecule has 0 saturated heterocycles. The van der Waals surface area contributed by atoms with Gasteiger partial charge in [0.05, 0.1) is 7.11 Å². The number of methoxy groups -OCH3 is 1. The first-order valence-corrected chi connectivity index (χ1v) is 10.8. The maximum Gasteiger partial charge on any atom is 0.240 e. The van der Waals surface area contributed by atoms with Crippen LogP contribution in [0, 0.1) is 0 Å². The minimum atomic E-state index is -0.864. The Balaban J connectivity index is 1.60. The summed E-state index contributed by atoms with van der Waals surface area (Å²) in [5, 5.41) is 13.5. The molecular weight excluding hydrogens is 436 g/mol. The maximum atomic E-state index is 13.1. The van der Waals surface area contributed by atoms with Gasteiger partial charge in [-0.1, -0.05) is 42.5 Å². The topological polar surface area (TPSA) is 120 Å². The van der Waals surface area contributed by atoms with Crippen molar-refractivity contribution in [1.82, 2.24) is 5.32 Å². The zero-order chi connectivity index (χ0) is 24.1. The van der Waals surface area contributed by atoms with Crippen LogP contribution in [0.1, 0.15) is 29.0 Å². The summed E-state index contributed by atoms with van der Waals surface area (Å²) in [5.74, 6) is 0.0566. The fraction of sp³-hybridized carbons (Fsp3) is 0.231. The highest BCUT2D eigenvalue weighted by atomic mass is 16.7. The van der Waals surface area contributed by atoms with Gasteiger partial charge in [0.25, 0.3) is 0 Å². The van der Waals surface area contributed by atoms with Gasteiger partial charge in [0.2, 0.25) is 18.6 Å². The standard InChI is InChI=1S/C26H26N2O6/c1-32-18-9-7-17(8-10-18)19(20-12-23-24(14-22(20)29)34-15-33-23)13-25(30)28-21(26(27)31)11-16-5-3-2-4-6-16/h2-10,12,14,19,21,29H,11,13,15H2,1H3,(H2,27,31)(H,28,30)/t19?,21-/m0/s1. The van der Waals surface area contributed by atoms with Crippen molar-refractivity contribution in [1.29, 1.82) is 0 Å². The lowest BCUT2D eigenvalue weighted by Crippen LogP contribution is -2.46. The van der Waals surface area contributed by atoms with Crippen molar-refractivity contribution >= 4 is 11.8 Å². The summed E-state index contributed by atoms with van der Waals surface area (Å²) in [6.07, 6.45) is 0.252. The molecule has 2 atom stereocenters. The molecule has 3 aromatic carbocycles. The summed E-state index contributed by atoms with van der Waals surface area (Å²) in [6.45, 7) is 0.0612. The van der Waals surface area contributed by atoms with E-state index in [1.807, 2.05) is 42.5 Å². The van der Waals surface area contributed by atoms with Crippen LogP contribution < -0.4 is 25.3 Å². The van der Waals surface area contributed by atoms with Crippen LogP contribution in [0.5, 0.6) is 23.0 Å². The number of phenols is 1. The molecule has 4 N–H and O–H groups in total. The molecule has 0 spiro atoms. The average Bonchev–Trinajstić information content (AvgIpc) is 3.29. The Morgan fingerprint density at radius 3 is 2.38 bits per heavy atom. The number of primary amides is 1. The lowest BCUT2D eigenvalue weighted by molar-refractivity contribution is -0.127. The van der Waals surface area contributed by atoms with Gasteiger partial charge in [-0.25, -0.2) is 0 Å². The molecule has 8 heteroatoms. The van der Waals surface area contributed by atoms with Crippen molar-refractivity contribution in [3.05, 3.63) is 83.4 Å². The second-order valence-electron chi connectivity index (χ2n) is 8.01. The van der Waals surface area contributed by atoms with E-state index in [1.54, 1.807) is 25.3 Å². The van der Waals surface area contributed by atoms with Gasteiger partial charge in [-0.05, 0) is 29.3 Å².